The lowest BCUT2D eigenvalue weighted by molar-refractivity contribution is -0.119. The van der Waals surface area contributed by atoms with Crippen LogP contribution in [-0.2, 0) is 17.9 Å². The van der Waals surface area contributed by atoms with E-state index in [1.165, 1.54) is 6.92 Å². The molecule has 2 amide bonds. The summed E-state index contributed by atoms with van der Waals surface area (Å²) in [5.74, 6) is 0.487. The zero-order valence-electron chi connectivity index (χ0n) is 14.3. The Hall–Kier alpha value is -3.47. The summed E-state index contributed by atoms with van der Waals surface area (Å²) >= 11 is 0. The minimum absolute atomic E-state index is 0.0688. The Kier molecular flexibility index (Phi) is 5.08. The summed E-state index contributed by atoms with van der Waals surface area (Å²) in [6.07, 6.45) is 1.65. The fourth-order valence-corrected chi connectivity index (χ4v) is 2.67. The predicted molar refractivity (Wildman–Crippen MR) is 93.9 cm³/mol. The molecule has 0 aromatic carbocycles. The molecule has 3 heterocycles. The van der Waals surface area contributed by atoms with Gasteiger partial charge in [0.2, 0.25) is 5.91 Å². The second-order valence-electron chi connectivity index (χ2n) is 5.92. The predicted octanol–water partition coefficient (Wildman–Crippen LogP) is 1.05. The molecule has 2 N–H and O–H groups in total. The van der Waals surface area contributed by atoms with Gasteiger partial charge in [0.1, 0.15) is 17.6 Å². The van der Waals surface area contributed by atoms with Crippen LogP contribution in [0.4, 0.5) is 5.82 Å². The molecule has 26 heavy (non-hydrogen) atoms. The van der Waals surface area contributed by atoms with Crippen LogP contribution in [0, 0.1) is 11.3 Å². The minimum atomic E-state index is -0.115. The standard InChI is InChI=1S/C18H18N6O2/c1-12(25)20-6-7-24-11-16-15(18(24)26)4-5-17(23-16)22-10-13-2-3-14(8-19)21-9-13/h2-5,9H,6-7,10-11H2,1H3,(H,20,25)(H,22,23). The van der Waals surface area contributed by atoms with Crippen LogP contribution < -0.4 is 10.6 Å². The van der Waals surface area contributed by atoms with Crippen LogP contribution in [-0.4, -0.2) is 39.8 Å². The Balaban J connectivity index is 1.60. The summed E-state index contributed by atoms with van der Waals surface area (Å²) in [6, 6.07) is 9.01. The van der Waals surface area contributed by atoms with Gasteiger partial charge in [-0.3, -0.25) is 9.59 Å². The van der Waals surface area contributed by atoms with Crippen molar-refractivity contribution in [2.24, 2.45) is 0 Å². The van der Waals surface area contributed by atoms with Gasteiger partial charge >= 0.3 is 0 Å². The van der Waals surface area contributed by atoms with Gasteiger partial charge in [-0.15, -0.1) is 0 Å². The van der Waals surface area contributed by atoms with E-state index in [9.17, 15) is 9.59 Å². The lowest BCUT2D eigenvalue weighted by atomic mass is 10.2. The van der Waals surface area contributed by atoms with E-state index < -0.39 is 0 Å². The van der Waals surface area contributed by atoms with E-state index in [1.54, 1.807) is 29.3 Å². The number of nitrogens with one attached hydrogen (secondary N) is 2. The smallest absolute Gasteiger partial charge is 0.256 e. The fourth-order valence-electron chi connectivity index (χ4n) is 2.67. The van der Waals surface area contributed by atoms with E-state index in [0.29, 0.717) is 43.3 Å². The number of hydrogen-bond acceptors (Lipinski definition) is 6. The largest absolute Gasteiger partial charge is 0.366 e. The van der Waals surface area contributed by atoms with Crippen LogP contribution in [0.3, 0.4) is 0 Å². The van der Waals surface area contributed by atoms with E-state index in [4.69, 9.17) is 5.26 Å². The van der Waals surface area contributed by atoms with E-state index in [2.05, 4.69) is 20.6 Å². The lowest BCUT2D eigenvalue weighted by Crippen LogP contribution is -2.34. The van der Waals surface area contributed by atoms with Gasteiger partial charge in [-0.1, -0.05) is 6.07 Å². The number of hydrogen-bond donors (Lipinski definition) is 2. The average molecular weight is 350 g/mol. The van der Waals surface area contributed by atoms with Gasteiger partial charge in [0.25, 0.3) is 5.91 Å². The number of amides is 2. The molecule has 2 aromatic rings. The number of anilines is 1. The van der Waals surface area contributed by atoms with Crippen molar-refractivity contribution >= 4 is 17.6 Å². The minimum Gasteiger partial charge on any atom is -0.366 e. The maximum atomic E-state index is 12.3. The molecule has 0 atom stereocenters. The Labute approximate surface area is 150 Å². The van der Waals surface area contributed by atoms with Crippen LogP contribution >= 0.6 is 0 Å². The number of carbonyl (C=O) groups is 2. The Morgan fingerprint density at radius 1 is 1.35 bits per heavy atom. The number of fused-ring (bicyclic) bond motifs is 1. The SMILES string of the molecule is CC(=O)NCCN1Cc2nc(NCc3ccc(C#N)nc3)ccc2C1=O. The highest BCUT2D eigenvalue weighted by atomic mass is 16.2. The third-order valence-corrected chi connectivity index (χ3v) is 4.00. The maximum absolute atomic E-state index is 12.3. The zero-order chi connectivity index (χ0) is 18.5. The van der Waals surface area contributed by atoms with Crippen LogP contribution in [0.5, 0.6) is 0 Å². The third kappa shape index (κ3) is 3.95. The molecule has 0 saturated heterocycles. The van der Waals surface area contributed by atoms with Gasteiger partial charge in [0, 0.05) is 32.8 Å². The molecule has 0 unspecified atom stereocenters. The van der Waals surface area contributed by atoms with Gasteiger partial charge in [-0.25, -0.2) is 9.97 Å². The first-order valence-corrected chi connectivity index (χ1v) is 8.19. The molecule has 1 aliphatic rings. The van der Waals surface area contributed by atoms with Crippen molar-refractivity contribution in [1.29, 1.82) is 5.26 Å². The summed E-state index contributed by atoms with van der Waals surface area (Å²) in [5, 5.41) is 14.6. The van der Waals surface area contributed by atoms with Crippen molar-refractivity contribution in [2.45, 2.75) is 20.0 Å². The Morgan fingerprint density at radius 2 is 2.19 bits per heavy atom. The van der Waals surface area contributed by atoms with Gasteiger partial charge in [-0.2, -0.15) is 5.26 Å². The quantitative estimate of drug-likeness (QED) is 0.806. The maximum Gasteiger partial charge on any atom is 0.256 e. The highest BCUT2D eigenvalue weighted by Gasteiger charge is 2.28. The second kappa shape index (κ2) is 7.61. The lowest BCUT2D eigenvalue weighted by Gasteiger charge is -2.14. The molecular weight excluding hydrogens is 332 g/mol. The molecule has 132 valence electrons. The van der Waals surface area contributed by atoms with Crippen molar-refractivity contribution in [3.05, 3.63) is 53.0 Å². The zero-order valence-corrected chi connectivity index (χ0v) is 14.3. The first-order valence-electron chi connectivity index (χ1n) is 8.19. The number of nitrogens with zero attached hydrogens (tertiary/aromatic N) is 4. The molecule has 2 aromatic heterocycles. The molecule has 0 aliphatic carbocycles. The van der Waals surface area contributed by atoms with Gasteiger partial charge < -0.3 is 15.5 Å². The number of aromatic nitrogens is 2. The summed E-state index contributed by atoms with van der Waals surface area (Å²) in [7, 11) is 0. The monoisotopic (exact) mass is 350 g/mol. The number of pyridine rings is 2. The molecular formula is C18H18N6O2. The molecule has 1 aliphatic heterocycles. The second-order valence-corrected chi connectivity index (χ2v) is 5.92. The van der Waals surface area contributed by atoms with E-state index in [0.717, 1.165) is 11.3 Å². The van der Waals surface area contributed by atoms with Crippen molar-refractivity contribution in [2.75, 3.05) is 18.4 Å². The van der Waals surface area contributed by atoms with Crippen LogP contribution in [0.2, 0.25) is 0 Å². The fraction of sp³-hybridized carbons (Fsp3) is 0.278. The van der Waals surface area contributed by atoms with Crippen LogP contribution in [0.15, 0.2) is 30.5 Å². The number of carbonyl (C=O) groups excluding carboxylic acids is 2. The van der Waals surface area contributed by atoms with Crippen molar-refractivity contribution in [1.82, 2.24) is 20.2 Å². The highest BCUT2D eigenvalue weighted by Crippen LogP contribution is 2.22. The molecule has 0 radical (unpaired) electrons. The van der Waals surface area contributed by atoms with E-state index in [1.807, 2.05) is 12.1 Å². The van der Waals surface area contributed by atoms with Gasteiger partial charge in [0.15, 0.2) is 0 Å². The first kappa shape index (κ1) is 17.4. The Morgan fingerprint density at radius 3 is 2.88 bits per heavy atom. The van der Waals surface area contributed by atoms with Crippen molar-refractivity contribution in [3.8, 4) is 6.07 Å². The molecule has 0 spiro atoms. The molecule has 8 heteroatoms. The number of nitriles is 1. The summed E-state index contributed by atoms with van der Waals surface area (Å²) in [6.45, 7) is 3.27. The molecule has 8 nitrogen and oxygen atoms in total. The Bertz CT molecular complexity index is 872. The summed E-state index contributed by atoms with van der Waals surface area (Å²) < 4.78 is 0. The molecule has 0 fully saturated rings. The first-order chi connectivity index (χ1) is 12.6. The summed E-state index contributed by atoms with van der Waals surface area (Å²) in [5.41, 5.74) is 2.63. The topological polar surface area (TPSA) is 111 Å². The van der Waals surface area contributed by atoms with Crippen molar-refractivity contribution < 1.29 is 9.59 Å². The summed E-state index contributed by atoms with van der Waals surface area (Å²) in [4.78, 5) is 33.5. The number of rotatable bonds is 6. The van der Waals surface area contributed by atoms with E-state index in [-0.39, 0.29) is 11.8 Å². The molecule has 0 bridgehead atoms. The van der Waals surface area contributed by atoms with Crippen molar-refractivity contribution in [3.63, 3.8) is 0 Å². The van der Waals surface area contributed by atoms with Crippen LogP contribution in [0.1, 0.15) is 34.2 Å². The highest BCUT2D eigenvalue weighted by molar-refractivity contribution is 5.98. The van der Waals surface area contributed by atoms with Gasteiger partial charge in [0.05, 0.1) is 17.8 Å². The van der Waals surface area contributed by atoms with E-state index >= 15 is 0 Å². The normalized spacial score (nSPS) is 12.5. The van der Waals surface area contributed by atoms with Gasteiger partial charge in [-0.05, 0) is 23.8 Å². The van der Waals surface area contributed by atoms with Crippen LogP contribution in [0.25, 0.3) is 0 Å². The molecule has 0 saturated carbocycles. The third-order valence-electron chi connectivity index (χ3n) is 4.00. The average Bonchev–Trinajstić information content (AvgIpc) is 2.95. The molecule has 3 rings (SSSR count).